The highest BCUT2D eigenvalue weighted by Gasteiger charge is 2.36. The average Bonchev–Trinajstić information content (AvgIpc) is 2.67. The van der Waals surface area contributed by atoms with Crippen molar-refractivity contribution in [3.05, 3.63) is 24.6 Å². The molecule has 1 nitrogen and oxygen atoms in total. The lowest BCUT2D eigenvalue weighted by molar-refractivity contribution is -0.0832. The smallest absolute Gasteiger partial charge is 0.378 e. The van der Waals surface area contributed by atoms with E-state index in [1.54, 1.807) is 0 Å². The maximum Gasteiger partial charge on any atom is 0.412 e. The second-order valence-electron chi connectivity index (χ2n) is 8.80. The van der Waals surface area contributed by atoms with Crippen molar-refractivity contribution in [1.82, 2.24) is 0 Å². The molecule has 0 bridgehead atoms. The lowest BCUT2D eigenvalue weighted by atomic mass is 9.72. The molecule has 0 aromatic carbocycles. The highest BCUT2D eigenvalue weighted by atomic mass is 19.4. The van der Waals surface area contributed by atoms with Gasteiger partial charge in [-0.25, -0.2) is 4.39 Å². The molecule has 27 heavy (non-hydrogen) atoms. The molecule has 0 aromatic heterocycles. The van der Waals surface area contributed by atoms with E-state index in [0.29, 0.717) is 30.6 Å². The van der Waals surface area contributed by atoms with Crippen molar-refractivity contribution in [2.24, 2.45) is 29.6 Å². The summed E-state index contributed by atoms with van der Waals surface area (Å²) in [5.41, 5.74) is 0. The predicted octanol–water partition coefficient (Wildman–Crippen LogP) is 7.00. The third-order valence-electron chi connectivity index (χ3n) is 7.15. The van der Waals surface area contributed by atoms with E-state index in [1.165, 1.54) is 32.1 Å². The standard InChI is InChI=1S/C22H32F4O/c1-2-15-3-5-16(6-4-15)19-11-12-21(27-14-19)18-9-7-17(8-10-18)20(23)13-22(24,25)26/h2,13,15-19,21H,1,3-12,14H2/b20-13-. The molecular formula is C22H32F4O. The zero-order valence-electron chi connectivity index (χ0n) is 16.0. The molecule has 0 N–H and O–H groups in total. The zero-order chi connectivity index (χ0) is 19.4. The second kappa shape index (κ2) is 9.11. The number of rotatable bonds is 4. The first kappa shape index (κ1) is 20.9. The average molecular weight is 388 g/mol. The van der Waals surface area contributed by atoms with Crippen molar-refractivity contribution >= 4 is 0 Å². The molecule has 3 aliphatic rings. The van der Waals surface area contributed by atoms with Gasteiger partial charge < -0.3 is 4.74 Å². The highest BCUT2D eigenvalue weighted by molar-refractivity contribution is 5.03. The van der Waals surface area contributed by atoms with Gasteiger partial charge in [-0.2, -0.15) is 13.2 Å². The fraction of sp³-hybridized carbons (Fsp3) is 0.818. The number of hydrogen-bond donors (Lipinski definition) is 0. The van der Waals surface area contributed by atoms with Crippen LogP contribution < -0.4 is 0 Å². The molecule has 1 saturated heterocycles. The third-order valence-corrected chi connectivity index (χ3v) is 7.15. The molecule has 2 atom stereocenters. The van der Waals surface area contributed by atoms with Crippen LogP contribution in [0.25, 0.3) is 0 Å². The van der Waals surface area contributed by atoms with Crippen LogP contribution in [0.4, 0.5) is 17.6 Å². The van der Waals surface area contributed by atoms with Crippen LogP contribution in [0, 0.1) is 29.6 Å². The summed E-state index contributed by atoms with van der Waals surface area (Å²) in [6.07, 6.45) is 7.37. The van der Waals surface area contributed by atoms with Gasteiger partial charge in [0.2, 0.25) is 0 Å². The van der Waals surface area contributed by atoms with E-state index < -0.39 is 17.9 Å². The van der Waals surface area contributed by atoms with Gasteiger partial charge in [-0.3, -0.25) is 0 Å². The van der Waals surface area contributed by atoms with Gasteiger partial charge in [0.1, 0.15) is 5.83 Å². The summed E-state index contributed by atoms with van der Waals surface area (Å²) in [6, 6.07) is 0. The van der Waals surface area contributed by atoms with E-state index in [2.05, 4.69) is 12.7 Å². The first-order valence-electron chi connectivity index (χ1n) is 10.5. The third kappa shape index (κ3) is 5.82. The van der Waals surface area contributed by atoms with Gasteiger partial charge in [-0.05, 0) is 87.9 Å². The van der Waals surface area contributed by atoms with Crippen LogP contribution in [-0.4, -0.2) is 18.9 Å². The number of ether oxygens (including phenoxy) is 1. The number of hydrogen-bond acceptors (Lipinski definition) is 1. The van der Waals surface area contributed by atoms with Gasteiger partial charge in [-0.1, -0.05) is 6.08 Å². The number of halogens is 4. The van der Waals surface area contributed by atoms with Crippen LogP contribution >= 0.6 is 0 Å². The monoisotopic (exact) mass is 388 g/mol. The van der Waals surface area contributed by atoms with Gasteiger partial charge in [0, 0.05) is 5.92 Å². The largest absolute Gasteiger partial charge is 0.412 e. The lowest BCUT2D eigenvalue weighted by Gasteiger charge is -2.41. The Labute approximate surface area is 160 Å². The summed E-state index contributed by atoms with van der Waals surface area (Å²) in [5.74, 6) is 0.896. The topological polar surface area (TPSA) is 9.23 Å². The van der Waals surface area contributed by atoms with E-state index in [4.69, 9.17) is 4.74 Å². The molecule has 0 amide bonds. The summed E-state index contributed by atoms with van der Waals surface area (Å²) < 4.78 is 56.9. The summed E-state index contributed by atoms with van der Waals surface area (Å²) in [6.45, 7) is 4.73. The normalized spacial score (nSPS) is 39.2. The Morgan fingerprint density at radius 3 is 1.93 bits per heavy atom. The molecule has 0 spiro atoms. The minimum Gasteiger partial charge on any atom is -0.378 e. The summed E-state index contributed by atoms with van der Waals surface area (Å²) >= 11 is 0. The highest BCUT2D eigenvalue weighted by Crippen LogP contribution is 2.42. The van der Waals surface area contributed by atoms with Crippen LogP contribution in [0.2, 0.25) is 0 Å². The molecule has 3 fully saturated rings. The van der Waals surface area contributed by atoms with Gasteiger partial charge in [0.15, 0.2) is 0 Å². The molecule has 154 valence electrons. The van der Waals surface area contributed by atoms with E-state index in [1.807, 2.05) is 0 Å². The lowest BCUT2D eigenvalue weighted by Crippen LogP contribution is -2.37. The molecule has 0 aromatic rings. The first-order chi connectivity index (χ1) is 12.9. The molecule has 2 aliphatic carbocycles. The molecule has 1 aliphatic heterocycles. The Hall–Kier alpha value is -0.840. The van der Waals surface area contributed by atoms with Crippen molar-refractivity contribution < 1.29 is 22.3 Å². The number of alkyl halides is 3. The molecule has 2 unspecified atom stereocenters. The summed E-state index contributed by atoms with van der Waals surface area (Å²) in [4.78, 5) is 0. The van der Waals surface area contributed by atoms with Crippen molar-refractivity contribution in [3.8, 4) is 0 Å². The van der Waals surface area contributed by atoms with Crippen molar-refractivity contribution in [2.45, 2.75) is 76.5 Å². The molecule has 2 saturated carbocycles. The van der Waals surface area contributed by atoms with Gasteiger partial charge in [-0.15, -0.1) is 6.58 Å². The fourth-order valence-electron chi connectivity index (χ4n) is 5.43. The van der Waals surface area contributed by atoms with Gasteiger partial charge >= 0.3 is 6.18 Å². The van der Waals surface area contributed by atoms with Crippen molar-refractivity contribution in [2.75, 3.05) is 6.61 Å². The maximum absolute atomic E-state index is 13.8. The van der Waals surface area contributed by atoms with E-state index in [-0.39, 0.29) is 12.2 Å². The van der Waals surface area contributed by atoms with Gasteiger partial charge in [0.05, 0.1) is 18.8 Å². The van der Waals surface area contributed by atoms with Crippen LogP contribution in [0.15, 0.2) is 24.6 Å². The SMILES string of the molecule is C=CC1CCC(C2CCC(C3CCC(/C(F)=C/C(F)(F)F)CC3)OC2)CC1. The minimum absolute atomic E-state index is 0.166. The Kier molecular flexibility index (Phi) is 7.04. The molecule has 3 rings (SSSR count). The van der Waals surface area contributed by atoms with Crippen molar-refractivity contribution in [3.63, 3.8) is 0 Å². The van der Waals surface area contributed by atoms with E-state index in [0.717, 1.165) is 31.8 Å². The van der Waals surface area contributed by atoms with Crippen LogP contribution in [0.5, 0.6) is 0 Å². The Morgan fingerprint density at radius 2 is 1.41 bits per heavy atom. The van der Waals surface area contributed by atoms with Crippen LogP contribution in [0.3, 0.4) is 0 Å². The van der Waals surface area contributed by atoms with Crippen molar-refractivity contribution in [1.29, 1.82) is 0 Å². The minimum atomic E-state index is -4.56. The van der Waals surface area contributed by atoms with E-state index >= 15 is 0 Å². The van der Waals surface area contributed by atoms with Crippen LogP contribution in [-0.2, 0) is 4.74 Å². The maximum atomic E-state index is 13.8. The van der Waals surface area contributed by atoms with Crippen LogP contribution in [0.1, 0.15) is 64.2 Å². The molecule has 5 heteroatoms. The Morgan fingerprint density at radius 1 is 0.815 bits per heavy atom. The van der Waals surface area contributed by atoms with E-state index in [9.17, 15) is 17.6 Å². The molecule has 1 heterocycles. The molecule has 0 radical (unpaired) electrons. The second-order valence-corrected chi connectivity index (χ2v) is 8.80. The summed E-state index contributed by atoms with van der Waals surface area (Å²) in [7, 11) is 0. The fourth-order valence-corrected chi connectivity index (χ4v) is 5.43. The first-order valence-corrected chi connectivity index (χ1v) is 10.5. The quantitative estimate of drug-likeness (QED) is 0.372. The summed E-state index contributed by atoms with van der Waals surface area (Å²) in [5, 5.41) is 0. The predicted molar refractivity (Wildman–Crippen MR) is 98.8 cm³/mol. The Bertz CT molecular complexity index is 503. The molecular weight excluding hydrogens is 356 g/mol. The number of allylic oxidation sites excluding steroid dienone is 3. The Balaban J connectivity index is 1.41. The van der Waals surface area contributed by atoms with Gasteiger partial charge in [0.25, 0.3) is 0 Å². The zero-order valence-corrected chi connectivity index (χ0v) is 16.0.